The minimum atomic E-state index is 0.00588. The Hall–Kier alpha value is -1.62. The molecule has 0 radical (unpaired) electrons. The van der Waals surface area contributed by atoms with Gasteiger partial charge in [0.2, 0.25) is 0 Å². The molecule has 19 heavy (non-hydrogen) atoms. The highest BCUT2D eigenvalue weighted by molar-refractivity contribution is 5.92. The largest absolute Gasteiger partial charge is 0.387 e. The maximum Gasteiger partial charge on any atom is 0.272 e. The van der Waals surface area contributed by atoms with Crippen molar-refractivity contribution in [3.63, 3.8) is 0 Å². The second-order valence-corrected chi connectivity index (χ2v) is 4.78. The zero-order chi connectivity index (χ0) is 14.3. The van der Waals surface area contributed by atoms with Crippen molar-refractivity contribution < 1.29 is 4.79 Å². The highest BCUT2D eigenvalue weighted by atomic mass is 16.2. The predicted octanol–water partition coefficient (Wildman–Crippen LogP) is 1.54. The number of hydrogen-bond acceptors (Lipinski definition) is 4. The molecule has 0 aromatic carbocycles. The van der Waals surface area contributed by atoms with E-state index in [9.17, 15) is 4.79 Å². The molecule has 1 heterocycles. The molecule has 0 fully saturated rings. The number of rotatable bonds is 7. The second-order valence-electron chi connectivity index (χ2n) is 4.78. The summed E-state index contributed by atoms with van der Waals surface area (Å²) < 4.78 is 0. The number of carbonyl (C=O) groups is 1. The van der Waals surface area contributed by atoms with Crippen LogP contribution in [0.5, 0.6) is 0 Å². The Morgan fingerprint density at radius 1 is 1.26 bits per heavy atom. The van der Waals surface area contributed by atoms with Crippen molar-refractivity contribution in [3.8, 4) is 0 Å². The van der Waals surface area contributed by atoms with E-state index in [0.29, 0.717) is 5.69 Å². The van der Waals surface area contributed by atoms with Crippen LogP contribution >= 0.6 is 0 Å². The molecule has 5 nitrogen and oxygen atoms in total. The average Bonchev–Trinajstić information content (AvgIpc) is 2.42. The van der Waals surface area contributed by atoms with Crippen LogP contribution in [0.4, 0.5) is 5.69 Å². The summed E-state index contributed by atoms with van der Waals surface area (Å²) in [7, 11) is 5.85. The lowest BCUT2D eigenvalue weighted by molar-refractivity contribution is 0.0739. The Balaban J connectivity index is 2.73. The maximum atomic E-state index is 12.4. The Morgan fingerprint density at radius 3 is 2.47 bits per heavy atom. The van der Waals surface area contributed by atoms with Gasteiger partial charge in [-0.05, 0) is 32.6 Å². The first kappa shape index (κ1) is 15.4. The van der Waals surface area contributed by atoms with Crippen molar-refractivity contribution in [2.75, 3.05) is 46.1 Å². The van der Waals surface area contributed by atoms with Gasteiger partial charge in [-0.1, -0.05) is 6.92 Å². The molecule has 0 saturated heterocycles. The van der Waals surface area contributed by atoms with Crippen molar-refractivity contribution >= 4 is 11.6 Å². The zero-order valence-corrected chi connectivity index (χ0v) is 12.3. The highest BCUT2D eigenvalue weighted by Gasteiger charge is 2.16. The quantitative estimate of drug-likeness (QED) is 0.811. The third-order valence-corrected chi connectivity index (χ3v) is 2.87. The first-order chi connectivity index (χ1) is 9.08. The number of nitrogens with zero attached hydrogens (tertiary/aromatic N) is 3. The van der Waals surface area contributed by atoms with E-state index >= 15 is 0 Å². The highest BCUT2D eigenvalue weighted by Crippen LogP contribution is 2.08. The molecule has 0 atom stereocenters. The van der Waals surface area contributed by atoms with Crippen LogP contribution in [0.2, 0.25) is 0 Å². The number of nitrogens with one attached hydrogen (secondary N) is 1. The molecule has 106 valence electrons. The number of likely N-dealkylation sites (N-methyl/N-ethyl adjacent to an activating group) is 1. The minimum Gasteiger partial charge on any atom is -0.387 e. The molecule has 0 aliphatic heterocycles. The number of pyridine rings is 1. The third kappa shape index (κ3) is 4.87. The molecule has 1 rings (SSSR count). The van der Waals surface area contributed by atoms with Gasteiger partial charge >= 0.3 is 0 Å². The van der Waals surface area contributed by atoms with Gasteiger partial charge in [-0.2, -0.15) is 0 Å². The van der Waals surface area contributed by atoms with Gasteiger partial charge in [-0.15, -0.1) is 0 Å². The fraction of sp³-hybridized carbons (Fsp3) is 0.571. The van der Waals surface area contributed by atoms with Crippen molar-refractivity contribution in [2.45, 2.75) is 13.3 Å². The molecule has 0 saturated carbocycles. The van der Waals surface area contributed by atoms with E-state index < -0.39 is 0 Å². The predicted molar refractivity (Wildman–Crippen MR) is 78.5 cm³/mol. The van der Waals surface area contributed by atoms with E-state index in [4.69, 9.17) is 0 Å². The zero-order valence-electron chi connectivity index (χ0n) is 12.3. The van der Waals surface area contributed by atoms with Gasteiger partial charge in [-0.25, -0.2) is 4.98 Å². The normalized spacial score (nSPS) is 10.6. The smallest absolute Gasteiger partial charge is 0.272 e. The standard InChI is InChI=1S/C14H24N4O/c1-5-8-18(10-9-17(3)4)14(19)13-7-6-12(15-2)11-16-13/h6-7,11,15H,5,8-10H2,1-4H3. The Labute approximate surface area is 115 Å². The summed E-state index contributed by atoms with van der Waals surface area (Å²) in [6.07, 6.45) is 2.64. The molecule has 5 heteroatoms. The van der Waals surface area contributed by atoms with Crippen LogP contribution < -0.4 is 5.32 Å². The van der Waals surface area contributed by atoms with Crippen LogP contribution in [0.3, 0.4) is 0 Å². The SMILES string of the molecule is CCCN(CCN(C)C)C(=O)c1ccc(NC)cn1. The maximum absolute atomic E-state index is 12.4. The van der Waals surface area contributed by atoms with Crippen LogP contribution in [-0.2, 0) is 0 Å². The fourth-order valence-electron chi connectivity index (χ4n) is 1.74. The molecule has 1 aromatic rings. The molecule has 1 aromatic heterocycles. The van der Waals surface area contributed by atoms with Gasteiger partial charge < -0.3 is 15.1 Å². The van der Waals surface area contributed by atoms with Crippen LogP contribution in [0.15, 0.2) is 18.3 Å². The van der Waals surface area contributed by atoms with Gasteiger partial charge in [0.25, 0.3) is 5.91 Å². The van der Waals surface area contributed by atoms with E-state index in [2.05, 4.69) is 22.1 Å². The monoisotopic (exact) mass is 264 g/mol. The lowest BCUT2D eigenvalue weighted by atomic mass is 10.2. The van der Waals surface area contributed by atoms with Crippen molar-refractivity contribution in [1.82, 2.24) is 14.8 Å². The molecule has 0 bridgehead atoms. The summed E-state index contributed by atoms with van der Waals surface area (Å²) in [5.41, 5.74) is 1.41. The summed E-state index contributed by atoms with van der Waals surface area (Å²) in [4.78, 5) is 20.5. The molecule has 1 amide bonds. The Kier molecular flexibility index (Phi) is 6.29. The van der Waals surface area contributed by atoms with Gasteiger partial charge in [0.05, 0.1) is 11.9 Å². The summed E-state index contributed by atoms with van der Waals surface area (Å²) in [5, 5.41) is 2.99. The summed E-state index contributed by atoms with van der Waals surface area (Å²) in [5.74, 6) is 0.00588. The van der Waals surface area contributed by atoms with Crippen molar-refractivity contribution in [3.05, 3.63) is 24.0 Å². The van der Waals surface area contributed by atoms with Gasteiger partial charge in [0.15, 0.2) is 0 Å². The third-order valence-electron chi connectivity index (χ3n) is 2.87. The number of amides is 1. The summed E-state index contributed by atoms with van der Waals surface area (Å²) >= 11 is 0. The fourth-order valence-corrected chi connectivity index (χ4v) is 1.74. The first-order valence-corrected chi connectivity index (χ1v) is 6.66. The van der Waals surface area contributed by atoms with Gasteiger partial charge in [-0.3, -0.25) is 4.79 Å². The van der Waals surface area contributed by atoms with E-state index in [1.807, 2.05) is 32.1 Å². The number of aromatic nitrogens is 1. The second kappa shape index (κ2) is 7.74. The topological polar surface area (TPSA) is 48.5 Å². The Bertz CT molecular complexity index is 389. The van der Waals surface area contributed by atoms with Crippen molar-refractivity contribution in [2.24, 2.45) is 0 Å². The molecule has 0 unspecified atom stereocenters. The number of carbonyl (C=O) groups excluding carboxylic acids is 1. The van der Waals surface area contributed by atoms with Crippen LogP contribution in [-0.4, -0.2) is 61.5 Å². The lowest BCUT2D eigenvalue weighted by Crippen LogP contribution is -2.37. The molecule has 0 aliphatic rings. The average molecular weight is 264 g/mol. The van der Waals surface area contributed by atoms with E-state index in [1.165, 1.54) is 0 Å². The van der Waals surface area contributed by atoms with E-state index in [-0.39, 0.29) is 5.91 Å². The van der Waals surface area contributed by atoms with Crippen LogP contribution in [0.1, 0.15) is 23.8 Å². The van der Waals surface area contributed by atoms with E-state index in [0.717, 1.165) is 31.7 Å². The van der Waals surface area contributed by atoms with Crippen LogP contribution in [0.25, 0.3) is 0 Å². The van der Waals surface area contributed by atoms with E-state index in [1.54, 1.807) is 12.3 Å². The first-order valence-electron chi connectivity index (χ1n) is 6.66. The Morgan fingerprint density at radius 2 is 2.00 bits per heavy atom. The summed E-state index contributed by atoms with van der Waals surface area (Å²) in [6, 6.07) is 3.64. The lowest BCUT2D eigenvalue weighted by Gasteiger charge is -2.23. The van der Waals surface area contributed by atoms with Gasteiger partial charge in [0.1, 0.15) is 5.69 Å². The summed E-state index contributed by atoms with van der Waals surface area (Å²) in [6.45, 7) is 4.44. The molecule has 0 aliphatic carbocycles. The van der Waals surface area contributed by atoms with Crippen LogP contribution in [0, 0.1) is 0 Å². The van der Waals surface area contributed by atoms with Gasteiger partial charge in [0, 0.05) is 26.7 Å². The van der Waals surface area contributed by atoms with Crippen molar-refractivity contribution in [1.29, 1.82) is 0 Å². The molecular formula is C14H24N4O. The number of anilines is 1. The minimum absolute atomic E-state index is 0.00588. The number of hydrogen-bond donors (Lipinski definition) is 1. The molecular weight excluding hydrogens is 240 g/mol. The molecule has 1 N–H and O–H groups in total. The molecule has 0 spiro atoms.